The highest BCUT2D eigenvalue weighted by atomic mass is 32.2. The fourth-order valence-electron chi connectivity index (χ4n) is 2.98. The molecule has 1 aliphatic rings. The van der Waals surface area contributed by atoms with Crippen LogP contribution in [0.1, 0.15) is 42.1 Å². The molecule has 2 aromatic carbocycles. The molecule has 1 atom stereocenters. The van der Waals surface area contributed by atoms with E-state index in [-0.39, 0.29) is 16.9 Å². The molecule has 1 nitrogen and oxygen atoms in total. The monoisotopic (exact) mass is 340 g/mol. The van der Waals surface area contributed by atoms with E-state index in [0.29, 0.717) is 6.42 Å². The van der Waals surface area contributed by atoms with Crippen LogP contribution in [0.5, 0.6) is 0 Å². The fraction of sp³-hybridized carbons (Fsp3) is 0.286. The molecule has 1 aliphatic carbocycles. The summed E-state index contributed by atoms with van der Waals surface area (Å²) in [4.78, 5) is 11.7. The van der Waals surface area contributed by atoms with E-state index in [0.717, 1.165) is 30.6 Å². The van der Waals surface area contributed by atoms with E-state index in [1.165, 1.54) is 23.3 Å². The highest BCUT2D eigenvalue weighted by molar-refractivity contribution is 7.98. The summed E-state index contributed by atoms with van der Waals surface area (Å²) in [5, 5.41) is 0.239. The highest BCUT2D eigenvalue weighted by Gasteiger charge is 2.18. The predicted molar refractivity (Wildman–Crippen MR) is 98.4 cm³/mol. The second kappa shape index (κ2) is 8.29. The molecule has 0 unspecified atom stereocenters. The summed E-state index contributed by atoms with van der Waals surface area (Å²) >= 11 is 1.85. The Morgan fingerprint density at radius 2 is 1.75 bits per heavy atom. The Bertz CT molecular complexity index is 706. The largest absolute Gasteiger partial charge is 0.295 e. The van der Waals surface area contributed by atoms with Gasteiger partial charge in [0.05, 0.1) is 0 Å². The average molecular weight is 340 g/mol. The Labute approximate surface area is 147 Å². The van der Waals surface area contributed by atoms with Gasteiger partial charge in [-0.25, -0.2) is 4.39 Å². The lowest BCUT2D eigenvalue weighted by Crippen LogP contribution is -2.06. The minimum absolute atomic E-state index is 0.211. The van der Waals surface area contributed by atoms with Gasteiger partial charge in [-0.3, -0.25) is 4.79 Å². The lowest BCUT2D eigenvalue weighted by molar-refractivity contribution is -0.115. The summed E-state index contributed by atoms with van der Waals surface area (Å²) in [6.07, 6.45) is 5.29. The van der Waals surface area contributed by atoms with Gasteiger partial charge in [0.25, 0.3) is 0 Å². The van der Waals surface area contributed by atoms with Crippen LogP contribution in [-0.4, -0.2) is 5.78 Å². The van der Waals surface area contributed by atoms with Crippen molar-refractivity contribution in [1.29, 1.82) is 0 Å². The zero-order valence-electron chi connectivity index (χ0n) is 13.6. The van der Waals surface area contributed by atoms with Gasteiger partial charge in [0.2, 0.25) is 0 Å². The van der Waals surface area contributed by atoms with Crippen molar-refractivity contribution in [2.24, 2.45) is 0 Å². The number of ketones is 1. The molecular formula is C21H21FOS. The minimum atomic E-state index is -0.211. The lowest BCUT2D eigenvalue weighted by Gasteiger charge is -2.21. The molecule has 0 spiro atoms. The number of thioether (sulfide) groups is 1. The standard InChI is InChI=1S/C21H21FOS/c22-19-11-9-18(10-12-19)21(14-17-7-4-8-20(23)13-17)24-15-16-5-2-1-3-6-16/h1-3,5-6,9-13,21H,4,7-8,14-15H2/t21-/m1/s1. The Kier molecular flexibility index (Phi) is 5.86. The molecule has 0 bridgehead atoms. The molecule has 3 heteroatoms. The normalized spacial score (nSPS) is 15.9. The van der Waals surface area contributed by atoms with Crippen molar-refractivity contribution in [3.63, 3.8) is 0 Å². The van der Waals surface area contributed by atoms with E-state index in [1.54, 1.807) is 0 Å². The highest BCUT2D eigenvalue weighted by Crippen LogP contribution is 2.38. The number of hydrogen-bond donors (Lipinski definition) is 0. The number of halogens is 1. The third kappa shape index (κ3) is 4.81. The number of carbonyl (C=O) groups is 1. The lowest BCUT2D eigenvalue weighted by atomic mass is 9.93. The van der Waals surface area contributed by atoms with E-state index >= 15 is 0 Å². The van der Waals surface area contributed by atoms with Crippen molar-refractivity contribution < 1.29 is 9.18 Å². The van der Waals surface area contributed by atoms with E-state index in [9.17, 15) is 9.18 Å². The van der Waals surface area contributed by atoms with Crippen molar-refractivity contribution in [2.45, 2.75) is 36.7 Å². The van der Waals surface area contributed by atoms with Crippen molar-refractivity contribution in [2.75, 3.05) is 0 Å². The van der Waals surface area contributed by atoms with E-state index in [2.05, 4.69) is 12.1 Å². The Hall–Kier alpha value is -1.87. The molecule has 2 aromatic rings. The van der Waals surface area contributed by atoms with Crippen molar-refractivity contribution >= 4 is 17.5 Å². The maximum absolute atomic E-state index is 13.2. The molecule has 3 rings (SSSR count). The molecule has 0 heterocycles. The Morgan fingerprint density at radius 1 is 1.00 bits per heavy atom. The molecule has 0 aliphatic heterocycles. The van der Waals surface area contributed by atoms with Crippen LogP contribution in [0.4, 0.5) is 4.39 Å². The van der Waals surface area contributed by atoms with Gasteiger partial charge >= 0.3 is 0 Å². The molecule has 0 saturated carbocycles. The number of rotatable bonds is 6. The number of allylic oxidation sites excluding steroid dienone is 2. The van der Waals surface area contributed by atoms with Crippen LogP contribution >= 0.6 is 11.8 Å². The first-order valence-electron chi connectivity index (χ1n) is 8.34. The number of carbonyl (C=O) groups excluding carboxylic acids is 1. The van der Waals surface area contributed by atoms with E-state index < -0.39 is 0 Å². The summed E-state index contributed by atoms with van der Waals surface area (Å²) in [5.41, 5.74) is 3.63. The predicted octanol–water partition coefficient (Wildman–Crippen LogP) is 5.87. The fourth-order valence-corrected chi connectivity index (χ4v) is 4.25. The maximum atomic E-state index is 13.2. The van der Waals surface area contributed by atoms with Crippen LogP contribution in [0.3, 0.4) is 0 Å². The third-order valence-corrected chi connectivity index (χ3v) is 5.61. The molecule has 24 heavy (non-hydrogen) atoms. The van der Waals surface area contributed by atoms with Gasteiger partial charge in [0.15, 0.2) is 5.78 Å². The Balaban J connectivity index is 1.75. The van der Waals surface area contributed by atoms with Gasteiger partial charge < -0.3 is 0 Å². The first kappa shape index (κ1) is 17.0. The van der Waals surface area contributed by atoms with Crippen LogP contribution < -0.4 is 0 Å². The minimum Gasteiger partial charge on any atom is -0.295 e. The summed E-state index contributed by atoms with van der Waals surface area (Å²) in [7, 11) is 0. The zero-order valence-corrected chi connectivity index (χ0v) is 14.4. The molecule has 0 fully saturated rings. The summed E-state index contributed by atoms with van der Waals surface area (Å²) in [5.74, 6) is 0.934. The van der Waals surface area contributed by atoms with Gasteiger partial charge in [0, 0.05) is 17.4 Å². The van der Waals surface area contributed by atoms with Crippen LogP contribution in [-0.2, 0) is 10.5 Å². The number of hydrogen-bond acceptors (Lipinski definition) is 2. The van der Waals surface area contributed by atoms with Gasteiger partial charge in [-0.15, -0.1) is 11.8 Å². The van der Waals surface area contributed by atoms with Crippen LogP contribution in [0, 0.1) is 5.82 Å². The van der Waals surface area contributed by atoms with Gasteiger partial charge in [-0.2, -0.15) is 0 Å². The molecule has 0 amide bonds. The summed E-state index contributed by atoms with van der Waals surface area (Å²) in [6.45, 7) is 0. The molecule has 0 aromatic heterocycles. The zero-order chi connectivity index (χ0) is 16.8. The molecule has 0 saturated heterocycles. The van der Waals surface area contributed by atoms with Crippen molar-refractivity contribution in [3.05, 3.63) is 83.2 Å². The third-order valence-electron chi connectivity index (χ3n) is 4.27. The van der Waals surface area contributed by atoms with E-state index in [1.807, 2.05) is 48.2 Å². The van der Waals surface area contributed by atoms with Gasteiger partial charge in [0.1, 0.15) is 5.82 Å². The molecule has 0 radical (unpaired) electrons. The second-order valence-electron chi connectivity index (χ2n) is 6.16. The second-order valence-corrected chi connectivity index (χ2v) is 7.35. The summed E-state index contributed by atoms with van der Waals surface area (Å²) < 4.78 is 13.2. The SMILES string of the molecule is O=C1C=C(C[C@@H](SCc2ccccc2)c2ccc(F)cc2)CCC1. The quantitative estimate of drug-likeness (QED) is 0.654. The van der Waals surface area contributed by atoms with E-state index in [4.69, 9.17) is 0 Å². The molecule has 124 valence electrons. The van der Waals surface area contributed by atoms with Crippen LogP contribution in [0.2, 0.25) is 0 Å². The smallest absolute Gasteiger partial charge is 0.155 e. The maximum Gasteiger partial charge on any atom is 0.155 e. The number of benzene rings is 2. The Morgan fingerprint density at radius 3 is 2.46 bits per heavy atom. The molecular weight excluding hydrogens is 319 g/mol. The van der Waals surface area contributed by atoms with Crippen molar-refractivity contribution in [3.8, 4) is 0 Å². The van der Waals surface area contributed by atoms with Gasteiger partial charge in [-0.05, 0) is 48.6 Å². The van der Waals surface area contributed by atoms with Crippen molar-refractivity contribution in [1.82, 2.24) is 0 Å². The molecule has 0 N–H and O–H groups in total. The van der Waals surface area contributed by atoms with Crippen LogP contribution in [0.25, 0.3) is 0 Å². The summed E-state index contributed by atoms with van der Waals surface area (Å²) in [6, 6.07) is 17.1. The van der Waals surface area contributed by atoms with Crippen LogP contribution in [0.15, 0.2) is 66.2 Å². The average Bonchev–Trinajstić information content (AvgIpc) is 2.60. The topological polar surface area (TPSA) is 17.1 Å². The van der Waals surface area contributed by atoms with Gasteiger partial charge in [-0.1, -0.05) is 48.0 Å². The first-order chi connectivity index (χ1) is 11.7. The first-order valence-corrected chi connectivity index (χ1v) is 9.39.